The number of carboxylic acid groups (broad SMARTS) is 1. The predicted molar refractivity (Wildman–Crippen MR) is 150 cm³/mol. The maximum Gasteiger partial charge on any atom is 0.429 e. The molecule has 0 amide bonds. The minimum atomic E-state index is -4.78. The minimum absolute atomic E-state index is 0.104. The van der Waals surface area contributed by atoms with Gasteiger partial charge in [-0.2, -0.15) is 23.1 Å². The van der Waals surface area contributed by atoms with Crippen LogP contribution in [0.1, 0.15) is 42.1 Å². The molecule has 0 saturated carbocycles. The summed E-state index contributed by atoms with van der Waals surface area (Å²) in [6.45, 7) is 5.44. The monoisotopic (exact) mass is 589 g/mol. The summed E-state index contributed by atoms with van der Waals surface area (Å²) < 4.78 is 49.3. The Labute approximate surface area is 240 Å². The third-order valence-electron chi connectivity index (χ3n) is 7.88. The first kappa shape index (κ1) is 28.9. The van der Waals surface area contributed by atoms with Crippen molar-refractivity contribution < 1.29 is 27.8 Å². The van der Waals surface area contributed by atoms with E-state index in [1.165, 1.54) is 24.3 Å². The first-order valence-corrected chi connectivity index (χ1v) is 13.7. The van der Waals surface area contributed by atoms with E-state index in [0.717, 1.165) is 11.1 Å². The second-order valence-corrected chi connectivity index (χ2v) is 11.5. The molecular formula is C29H31ClF3N5O3. The van der Waals surface area contributed by atoms with Crippen LogP contribution in [0.3, 0.4) is 0 Å². The number of nitrogens with one attached hydrogen (secondary N) is 1. The van der Waals surface area contributed by atoms with Gasteiger partial charge in [0.2, 0.25) is 17.9 Å². The summed E-state index contributed by atoms with van der Waals surface area (Å²) in [5, 5.41) is 12.7. The fourth-order valence-electron chi connectivity index (χ4n) is 5.90. The summed E-state index contributed by atoms with van der Waals surface area (Å²) in [4.78, 5) is 21.5. The van der Waals surface area contributed by atoms with Crippen molar-refractivity contribution in [3.63, 3.8) is 0 Å². The Morgan fingerprint density at radius 2 is 1.83 bits per heavy atom. The average molecular weight is 590 g/mol. The molecule has 0 radical (unpaired) electrons. The van der Waals surface area contributed by atoms with E-state index in [1.807, 2.05) is 24.8 Å². The molecule has 2 fully saturated rings. The number of piperidine rings is 1. The van der Waals surface area contributed by atoms with Crippen LogP contribution in [0.25, 0.3) is 11.1 Å². The largest absolute Gasteiger partial charge is 0.480 e. The lowest BCUT2D eigenvalue weighted by Crippen LogP contribution is -2.41. The summed E-state index contributed by atoms with van der Waals surface area (Å²) in [5.41, 5.74) is 8.38. The molecule has 2 aliphatic rings. The normalized spacial score (nSPS) is 19.4. The smallest absolute Gasteiger partial charge is 0.429 e. The molecule has 2 saturated heterocycles. The highest BCUT2D eigenvalue weighted by atomic mass is 35.5. The Morgan fingerprint density at radius 3 is 2.44 bits per heavy atom. The van der Waals surface area contributed by atoms with Crippen molar-refractivity contribution >= 4 is 29.3 Å². The van der Waals surface area contributed by atoms with Crippen molar-refractivity contribution in [1.29, 1.82) is 0 Å². The number of alkyl halides is 3. The zero-order valence-electron chi connectivity index (χ0n) is 22.6. The number of aryl methyl sites for hydroxylation is 2. The summed E-state index contributed by atoms with van der Waals surface area (Å²) >= 11 is 6.22. The van der Waals surface area contributed by atoms with Gasteiger partial charge in [0.05, 0.1) is 0 Å². The number of aliphatic carboxylic acids is 1. The Morgan fingerprint density at radius 1 is 1.15 bits per heavy atom. The molecule has 0 unspecified atom stereocenters. The number of rotatable bonds is 6. The van der Waals surface area contributed by atoms with Crippen molar-refractivity contribution in [2.24, 2.45) is 5.41 Å². The third-order valence-corrected chi connectivity index (χ3v) is 8.11. The lowest BCUT2D eigenvalue weighted by Gasteiger charge is -2.39. The number of carboxylic acids is 1. The van der Waals surface area contributed by atoms with E-state index in [2.05, 4.69) is 15.3 Å². The second kappa shape index (κ2) is 11.0. The van der Waals surface area contributed by atoms with Gasteiger partial charge in [0, 0.05) is 36.3 Å². The fraction of sp³-hybridized carbons (Fsp3) is 0.414. The molecule has 0 bridgehead atoms. The number of anilines is 2. The molecule has 3 aromatic rings. The Hall–Kier alpha value is -3.57. The van der Waals surface area contributed by atoms with Gasteiger partial charge in [0.25, 0.3) is 0 Å². The van der Waals surface area contributed by atoms with Gasteiger partial charge in [-0.15, -0.1) is 0 Å². The van der Waals surface area contributed by atoms with Crippen LogP contribution in [0.5, 0.6) is 5.88 Å². The molecule has 8 nitrogen and oxygen atoms in total. The summed E-state index contributed by atoms with van der Waals surface area (Å²) in [5.74, 6) is -1.02. The number of nitrogens with zero attached hydrogens (tertiary/aromatic N) is 3. The van der Waals surface area contributed by atoms with Crippen LogP contribution >= 0.6 is 11.6 Å². The molecule has 1 aromatic heterocycles. The van der Waals surface area contributed by atoms with E-state index in [1.54, 1.807) is 12.1 Å². The SMILES string of the molecule is Cc1cc(C)cc(-c2cc(Cl)ccc2[C@@H](Oc2cc(N3CCC4(CC3)CN[C@H](C(=O)O)C4)nc(N)n2)C(F)(F)F)c1. The number of nitrogens with two attached hydrogens (primary N) is 1. The van der Waals surface area contributed by atoms with Crippen molar-refractivity contribution in [3.05, 3.63) is 64.2 Å². The molecule has 0 aliphatic carbocycles. The lowest BCUT2D eigenvalue weighted by molar-refractivity contribution is -0.198. The van der Waals surface area contributed by atoms with Crippen LogP contribution in [-0.2, 0) is 4.79 Å². The van der Waals surface area contributed by atoms with Gasteiger partial charge in [-0.3, -0.25) is 4.79 Å². The van der Waals surface area contributed by atoms with E-state index < -0.39 is 24.3 Å². The van der Waals surface area contributed by atoms with E-state index in [9.17, 15) is 23.1 Å². The highest BCUT2D eigenvalue weighted by Crippen LogP contribution is 2.43. The molecule has 2 aliphatic heterocycles. The Balaban J connectivity index is 1.43. The molecule has 12 heteroatoms. The number of hydrogen-bond donors (Lipinski definition) is 3. The zero-order valence-corrected chi connectivity index (χ0v) is 23.4. The molecule has 1 spiro atoms. The van der Waals surface area contributed by atoms with Gasteiger partial charge in [0.15, 0.2) is 0 Å². The third kappa shape index (κ3) is 6.36. The molecule has 41 heavy (non-hydrogen) atoms. The number of benzene rings is 2. The van der Waals surface area contributed by atoms with E-state index in [-0.39, 0.29) is 22.8 Å². The number of hydrogen-bond acceptors (Lipinski definition) is 7. The number of aromatic nitrogens is 2. The fourth-order valence-corrected chi connectivity index (χ4v) is 6.07. The first-order chi connectivity index (χ1) is 19.3. The number of carbonyl (C=O) groups is 1. The maximum absolute atomic E-state index is 14.6. The van der Waals surface area contributed by atoms with Crippen molar-refractivity contribution in [3.8, 4) is 17.0 Å². The predicted octanol–water partition coefficient (Wildman–Crippen LogP) is 5.71. The maximum atomic E-state index is 14.6. The van der Waals surface area contributed by atoms with Gasteiger partial charge in [-0.25, -0.2) is 0 Å². The van der Waals surface area contributed by atoms with Crippen LogP contribution in [0.2, 0.25) is 5.02 Å². The molecule has 2 aromatic carbocycles. The van der Waals surface area contributed by atoms with Crippen LogP contribution in [-0.4, -0.2) is 52.9 Å². The lowest BCUT2D eigenvalue weighted by atomic mass is 9.76. The highest BCUT2D eigenvalue weighted by Gasteiger charge is 2.46. The van der Waals surface area contributed by atoms with E-state index >= 15 is 0 Å². The molecule has 218 valence electrons. The number of ether oxygens (including phenoxy) is 1. The van der Waals surface area contributed by atoms with Crippen LogP contribution in [0, 0.1) is 19.3 Å². The topological polar surface area (TPSA) is 114 Å². The van der Waals surface area contributed by atoms with Crippen molar-refractivity contribution in [2.45, 2.75) is 51.4 Å². The van der Waals surface area contributed by atoms with Crippen LogP contribution in [0.15, 0.2) is 42.5 Å². The zero-order chi connectivity index (χ0) is 29.5. The molecule has 3 heterocycles. The van der Waals surface area contributed by atoms with Gasteiger partial charge >= 0.3 is 12.1 Å². The highest BCUT2D eigenvalue weighted by molar-refractivity contribution is 6.30. The minimum Gasteiger partial charge on any atom is -0.480 e. The van der Waals surface area contributed by atoms with E-state index in [4.69, 9.17) is 22.1 Å². The second-order valence-electron chi connectivity index (χ2n) is 11.0. The standard InChI is InChI=1S/C29H31ClF3N5O3/c1-16-9-17(2)11-18(10-16)21-12-19(30)3-4-20(21)25(29(31,32)33)41-24-13-23(36-27(34)37-24)38-7-5-28(6-8-38)14-22(26(39)40)35-15-28/h3-4,9-13,22,25,35H,5-8,14-15H2,1-2H3,(H,39,40)(H2,34,36,37)/t22-,25+/m0/s1. The van der Waals surface area contributed by atoms with Crippen LogP contribution in [0.4, 0.5) is 24.9 Å². The first-order valence-electron chi connectivity index (χ1n) is 13.3. The summed E-state index contributed by atoms with van der Waals surface area (Å²) in [6.07, 6.45) is -5.18. The molecular weight excluding hydrogens is 559 g/mol. The molecule has 4 N–H and O–H groups in total. The van der Waals surface area contributed by atoms with Crippen molar-refractivity contribution in [2.75, 3.05) is 30.3 Å². The summed E-state index contributed by atoms with van der Waals surface area (Å²) in [6, 6.07) is 10.6. The molecule has 5 rings (SSSR count). The summed E-state index contributed by atoms with van der Waals surface area (Å²) in [7, 11) is 0. The van der Waals surface area contributed by atoms with E-state index in [0.29, 0.717) is 60.9 Å². The van der Waals surface area contributed by atoms with Crippen molar-refractivity contribution in [1.82, 2.24) is 15.3 Å². The average Bonchev–Trinajstić information content (AvgIpc) is 3.30. The number of halogens is 4. The Bertz CT molecular complexity index is 1440. The number of nitrogen functional groups attached to an aromatic ring is 1. The Kier molecular flexibility index (Phi) is 7.78. The van der Waals surface area contributed by atoms with Gasteiger partial charge in [0.1, 0.15) is 11.9 Å². The van der Waals surface area contributed by atoms with Crippen LogP contribution < -0.4 is 20.7 Å². The quantitative estimate of drug-likeness (QED) is 0.335. The van der Waals surface area contributed by atoms with Gasteiger partial charge < -0.3 is 25.8 Å². The molecule has 2 atom stereocenters. The van der Waals surface area contributed by atoms with Gasteiger partial charge in [-0.05, 0) is 61.8 Å². The van der Waals surface area contributed by atoms with Gasteiger partial charge in [-0.1, -0.05) is 47.0 Å².